The van der Waals surface area contributed by atoms with Gasteiger partial charge in [-0.1, -0.05) is 23.7 Å². The molecule has 0 aliphatic rings. The molecule has 1 aromatic carbocycles. The van der Waals surface area contributed by atoms with E-state index in [0.717, 1.165) is 11.1 Å². The lowest BCUT2D eigenvalue weighted by molar-refractivity contribution is -0.134. The van der Waals surface area contributed by atoms with E-state index in [9.17, 15) is 4.79 Å². The van der Waals surface area contributed by atoms with Gasteiger partial charge in [0, 0.05) is 11.1 Å². The second-order valence-electron chi connectivity index (χ2n) is 2.86. The van der Waals surface area contributed by atoms with Crippen LogP contribution in [0.2, 0.25) is 5.02 Å². The highest BCUT2D eigenvalue weighted by molar-refractivity contribution is 6.30. The van der Waals surface area contributed by atoms with E-state index in [1.54, 1.807) is 12.1 Å². The van der Waals surface area contributed by atoms with Gasteiger partial charge in [0.1, 0.15) is 0 Å². The van der Waals surface area contributed by atoms with Gasteiger partial charge in [-0.3, -0.25) is 0 Å². The van der Waals surface area contributed by atoms with Crippen LogP contribution in [0.15, 0.2) is 30.3 Å². The molecule has 3 heteroatoms. The summed E-state index contributed by atoms with van der Waals surface area (Å²) in [5.74, 6) is -0.350. The van der Waals surface area contributed by atoms with E-state index in [1.807, 2.05) is 19.1 Å². The van der Waals surface area contributed by atoms with Crippen LogP contribution in [0.3, 0.4) is 0 Å². The van der Waals surface area contributed by atoms with Gasteiger partial charge < -0.3 is 4.74 Å². The highest BCUT2D eigenvalue weighted by Crippen LogP contribution is 2.16. The number of halogens is 1. The predicted octanol–water partition coefficient (Wildman–Crippen LogP) is 2.92. The molecule has 0 spiro atoms. The van der Waals surface area contributed by atoms with Crippen LogP contribution in [0, 0.1) is 0 Å². The third-order valence-corrected chi connectivity index (χ3v) is 2.09. The fourth-order valence-corrected chi connectivity index (χ4v) is 1.16. The summed E-state index contributed by atoms with van der Waals surface area (Å²) in [6, 6.07) is 7.28. The zero-order chi connectivity index (χ0) is 10.6. The first-order chi connectivity index (χ1) is 6.63. The first kappa shape index (κ1) is 10.8. The molecule has 74 valence electrons. The number of rotatable bonds is 2. The fourth-order valence-electron chi connectivity index (χ4n) is 1.03. The molecule has 0 fully saturated rings. The molecule has 0 saturated carbocycles. The molecule has 0 aliphatic carbocycles. The second kappa shape index (κ2) is 4.82. The topological polar surface area (TPSA) is 26.3 Å². The minimum atomic E-state index is -0.350. The summed E-state index contributed by atoms with van der Waals surface area (Å²) >= 11 is 5.74. The number of ether oxygens (including phenoxy) is 1. The molecule has 0 saturated heterocycles. The molecular weight excluding hydrogens is 200 g/mol. The molecule has 1 rings (SSSR count). The van der Waals surface area contributed by atoms with Crippen LogP contribution in [-0.4, -0.2) is 13.1 Å². The van der Waals surface area contributed by atoms with E-state index in [2.05, 4.69) is 4.74 Å². The van der Waals surface area contributed by atoms with Gasteiger partial charge in [0.15, 0.2) is 0 Å². The summed E-state index contributed by atoms with van der Waals surface area (Å²) in [5, 5.41) is 0.680. The zero-order valence-corrected chi connectivity index (χ0v) is 8.84. The van der Waals surface area contributed by atoms with Crippen LogP contribution in [-0.2, 0) is 9.53 Å². The molecule has 0 amide bonds. The maximum atomic E-state index is 10.9. The lowest BCUT2D eigenvalue weighted by Gasteiger charge is -2.00. The monoisotopic (exact) mass is 210 g/mol. The first-order valence-electron chi connectivity index (χ1n) is 4.15. The molecule has 0 aromatic heterocycles. The molecule has 0 bridgehead atoms. The molecule has 0 heterocycles. The van der Waals surface area contributed by atoms with Crippen molar-refractivity contribution in [3.8, 4) is 0 Å². The number of hydrogen-bond acceptors (Lipinski definition) is 2. The number of methoxy groups -OCH3 is 1. The molecule has 2 nitrogen and oxygen atoms in total. The Balaban J connectivity index is 2.89. The summed E-state index contributed by atoms with van der Waals surface area (Å²) in [5.41, 5.74) is 1.81. The average molecular weight is 211 g/mol. The lowest BCUT2D eigenvalue weighted by atomic mass is 10.1. The Hall–Kier alpha value is -1.28. The maximum absolute atomic E-state index is 10.9. The molecule has 0 radical (unpaired) electrons. The van der Waals surface area contributed by atoms with Gasteiger partial charge in [0.05, 0.1) is 7.11 Å². The molecule has 14 heavy (non-hydrogen) atoms. The zero-order valence-electron chi connectivity index (χ0n) is 8.08. The summed E-state index contributed by atoms with van der Waals surface area (Å²) in [4.78, 5) is 10.9. The standard InChI is InChI=1S/C11H11ClO2/c1-8(7-11(13)14-2)9-3-5-10(12)6-4-9/h3-7H,1-2H3. The Bertz CT molecular complexity index is 352. The number of hydrogen-bond donors (Lipinski definition) is 0. The summed E-state index contributed by atoms with van der Waals surface area (Å²) < 4.78 is 4.52. The second-order valence-corrected chi connectivity index (χ2v) is 3.29. The smallest absolute Gasteiger partial charge is 0.330 e. The van der Waals surface area contributed by atoms with Crippen LogP contribution >= 0.6 is 11.6 Å². The number of allylic oxidation sites excluding steroid dienone is 1. The van der Waals surface area contributed by atoms with Gasteiger partial charge in [-0.05, 0) is 30.2 Å². The van der Waals surface area contributed by atoms with E-state index >= 15 is 0 Å². The van der Waals surface area contributed by atoms with Crippen molar-refractivity contribution in [2.24, 2.45) is 0 Å². The Morgan fingerprint density at radius 2 is 1.93 bits per heavy atom. The minimum absolute atomic E-state index is 0.350. The molecular formula is C11H11ClO2. The first-order valence-corrected chi connectivity index (χ1v) is 4.53. The molecule has 0 N–H and O–H groups in total. The van der Waals surface area contributed by atoms with Crippen molar-refractivity contribution in [2.45, 2.75) is 6.92 Å². The van der Waals surface area contributed by atoms with Crippen molar-refractivity contribution in [1.29, 1.82) is 0 Å². The van der Waals surface area contributed by atoms with Gasteiger partial charge in [-0.25, -0.2) is 4.79 Å². The third kappa shape index (κ3) is 2.89. The Kier molecular flexibility index (Phi) is 3.72. The highest BCUT2D eigenvalue weighted by atomic mass is 35.5. The summed E-state index contributed by atoms with van der Waals surface area (Å²) in [7, 11) is 1.36. The van der Waals surface area contributed by atoms with Crippen LogP contribution < -0.4 is 0 Å². The van der Waals surface area contributed by atoms with Gasteiger partial charge in [0.2, 0.25) is 0 Å². The maximum Gasteiger partial charge on any atom is 0.330 e. The van der Waals surface area contributed by atoms with Crippen molar-refractivity contribution < 1.29 is 9.53 Å². The normalized spacial score (nSPS) is 11.2. The van der Waals surface area contributed by atoms with Crippen LogP contribution in [0.4, 0.5) is 0 Å². The fraction of sp³-hybridized carbons (Fsp3) is 0.182. The quantitative estimate of drug-likeness (QED) is 0.554. The van der Waals surface area contributed by atoms with Crippen molar-refractivity contribution in [1.82, 2.24) is 0 Å². The van der Waals surface area contributed by atoms with Crippen molar-refractivity contribution >= 4 is 23.1 Å². The molecule has 0 atom stereocenters. The van der Waals surface area contributed by atoms with Gasteiger partial charge in [0.25, 0.3) is 0 Å². The van der Waals surface area contributed by atoms with E-state index in [4.69, 9.17) is 11.6 Å². The van der Waals surface area contributed by atoms with Crippen molar-refractivity contribution in [3.05, 3.63) is 40.9 Å². The van der Waals surface area contributed by atoms with Gasteiger partial charge >= 0.3 is 5.97 Å². The van der Waals surface area contributed by atoms with E-state index < -0.39 is 0 Å². The Labute approximate surface area is 88.1 Å². The van der Waals surface area contributed by atoms with Crippen molar-refractivity contribution in [3.63, 3.8) is 0 Å². The van der Waals surface area contributed by atoms with Crippen LogP contribution in [0.5, 0.6) is 0 Å². The number of benzene rings is 1. The Morgan fingerprint density at radius 3 is 2.43 bits per heavy atom. The van der Waals surface area contributed by atoms with Crippen LogP contribution in [0.25, 0.3) is 5.57 Å². The molecule has 0 aliphatic heterocycles. The van der Waals surface area contributed by atoms with Gasteiger partial charge in [-0.2, -0.15) is 0 Å². The molecule has 1 aromatic rings. The number of esters is 1. The number of carbonyl (C=O) groups is 1. The van der Waals surface area contributed by atoms with E-state index in [1.165, 1.54) is 13.2 Å². The van der Waals surface area contributed by atoms with E-state index in [0.29, 0.717) is 5.02 Å². The van der Waals surface area contributed by atoms with Crippen molar-refractivity contribution in [2.75, 3.05) is 7.11 Å². The Morgan fingerprint density at radius 1 is 1.36 bits per heavy atom. The third-order valence-electron chi connectivity index (χ3n) is 1.84. The summed E-state index contributed by atoms with van der Waals surface area (Å²) in [6.07, 6.45) is 1.45. The lowest BCUT2D eigenvalue weighted by Crippen LogP contribution is -1.95. The number of carbonyl (C=O) groups excluding carboxylic acids is 1. The van der Waals surface area contributed by atoms with E-state index in [-0.39, 0.29) is 5.97 Å². The van der Waals surface area contributed by atoms with Crippen LogP contribution in [0.1, 0.15) is 12.5 Å². The van der Waals surface area contributed by atoms with Gasteiger partial charge in [-0.15, -0.1) is 0 Å². The SMILES string of the molecule is COC(=O)C=C(C)c1ccc(Cl)cc1. The average Bonchev–Trinajstić information content (AvgIpc) is 2.18. The summed E-state index contributed by atoms with van der Waals surface area (Å²) in [6.45, 7) is 1.85. The highest BCUT2D eigenvalue weighted by Gasteiger charge is 1.99. The minimum Gasteiger partial charge on any atom is -0.466 e. The predicted molar refractivity (Wildman–Crippen MR) is 57.1 cm³/mol. The largest absolute Gasteiger partial charge is 0.466 e. The molecule has 0 unspecified atom stereocenters.